The highest BCUT2D eigenvalue weighted by Gasteiger charge is 2.03. The van der Waals surface area contributed by atoms with Gasteiger partial charge in [0, 0.05) is 5.75 Å². The van der Waals surface area contributed by atoms with Crippen molar-refractivity contribution in [3.8, 4) is 0 Å². The number of pyridine rings is 1. The van der Waals surface area contributed by atoms with E-state index < -0.39 is 11.0 Å². The molecule has 0 saturated heterocycles. The standard InChI is InChI=1S/C9H13ClN2OS/c1-3-6-14(13)12-8-4-5-9(10)11-7(8)2/h4-5,12H,3,6H2,1-2H3. The first kappa shape index (κ1) is 11.5. The predicted octanol–water partition coefficient (Wildman–Crippen LogP) is 2.53. The van der Waals surface area contributed by atoms with E-state index in [1.165, 1.54) is 0 Å². The van der Waals surface area contributed by atoms with Crippen LogP contribution >= 0.6 is 11.6 Å². The topological polar surface area (TPSA) is 42.0 Å². The van der Waals surface area contributed by atoms with Crippen LogP contribution in [0.5, 0.6) is 0 Å². The van der Waals surface area contributed by atoms with E-state index in [9.17, 15) is 4.21 Å². The predicted molar refractivity (Wildman–Crippen MR) is 60.9 cm³/mol. The van der Waals surface area contributed by atoms with Gasteiger partial charge in [0.1, 0.15) is 16.1 Å². The van der Waals surface area contributed by atoms with Crippen molar-refractivity contribution >= 4 is 28.3 Å². The Balaban J connectivity index is 2.72. The van der Waals surface area contributed by atoms with E-state index in [2.05, 4.69) is 9.71 Å². The van der Waals surface area contributed by atoms with Crippen LogP contribution < -0.4 is 4.72 Å². The number of nitrogens with zero attached hydrogens (tertiary/aromatic N) is 1. The van der Waals surface area contributed by atoms with E-state index in [-0.39, 0.29) is 0 Å². The van der Waals surface area contributed by atoms with Crippen LogP contribution in [0, 0.1) is 6.92 Å². The molecule has 1 rings (SSSR count). The van der Waals surface area contributed by atoms with Gasteiger partial charge in [-0.1, -0.05) is 18.5 Å². The fourth-order valence-corrected chi connectivity index (χ4v) is 2.12. The first-order valence-corrected chi connectivity index (χ1v) is 6.11. The van der Waals surface area contributed by atoms with E-state index in [0.29, 0.717) is 10.9 Å². The van der Waals surface area contributed by atoms with Crippen LogP contribution in [0.4, 0.5) is 5.69 Å². The Kier molecular flexibility index (Phi) is 4.35. The summed E-state index contributed by atoms with van der Waals surface area (Å²) in [6.45, 7) is 3.82. The molecule has 1 aromatic rings. The van der Waals surface area contributed by atoms with Crippen molar-refractivity contribution in [1.29, 1.82) is 0 Å². The first-order valence-electron chi connectivity index (χ1n) is 4.41. The molecule has 14 heavy (non-hydrogen) atoms. The molecule has 0 amide bonds. The molecule has 0 fully saturated rings. The molecule has 1 aromatic heterocycles. The summed E-state index contributed by atoms with van der Waals surface area (Å²) in [5, 5.41) is 0.453. The Hall–Kier alpha value is -0.610. The molecule has 1 heterocycles. The molecule has 0 bridgehead atoms. The Labute approximate surface area is 91.5 Å². The van der Waals surface area contributed by atoms with Crippen LogP contribution in [0.3, 0.4) is 0 Å². The highest BCUT2D eigenvalue weighted by atomic mass is 35.5. The quantitative estimate of drug-likeness (QED) is 0.811. The summed E-state index contributed by atoms with van der Waals surface area (Å²) >= 11 is 5.70. The third-order valence-electron chi connectivity index (χ3n) is 1.67. The molecule has 0 spiro atoms. The summed E-state index contributed by atoms with van der Waals surface area (Å²) in [4.78, 5) is 4.06. The summed E-state index contributed by atoms with van der Waals surface area (Å²) in [5.74, 6) is 0.641. The normalized spacial score (nSPS) is 12.5. The Morgan fingerprint density at radius 1 is 1.57 bits per heavy atom. The molecule has 1 unspecified atom stereocenters. The molecule has 0 aliphatic rings. The molecule has 3 nitrogen and oxygen atoms in total. The maximum Gasteiger partial charge on any atom is 0.129 e. The second kappa shape index (κ2) is 5.32. The molecular formula is C9H13ClN2OS. The van der Waals surface area contributed by atoms with Gasteiger partial charge < -0.3 is 4.72 Å². The molecule has 0 aliphatic carbocycles. The zero-order valence-corrected chi connectivity index (χ0v) is 9.78. The zero-order chi connectivity index (χ0) is 10.6. The molecular weight excluding hydrogens is 220 g/mol. The number of hydrogen-bond donors (Lipinski definition) is 1. The molecule has 1 atom stereocenters. The van der Waals surface area contributed by atoms with E-state index in [0.717, 1.165) is 17.8 Å². The third-order valence-corrected chi connectivity index (χ3v) is 3.10. The minimum absolute atomic E-state index is 0.453. The van der Waals surface area contributed by atoms with Gasteiger partial charge in [0.15, 0.2) is 0 Å². The second-order valence-electron chi connectivity index (χ2n) is 2.92. The van der Waals surface area contributed by atoms with Crippen molar-refractivity contribution in [3.63, 3.8) is 0 Å². The van der Waals surface area contributed by atoms with Gasteiger partial charge in [0.2, 0.25) is 0 Å². The molecule has 5 heteroatoms. The highest BCUT2D eigenvalue weighted by molar-refractivity contribution is 7.86. The fraction of sp³-hybridized carbons (Fsp3) is 0.444. The van der Waals surface area contributed by atoms with Crippen LogP contribution in [-0.4, -0.2) is 14.9 Å². The number of anilines is 1. The summed E-state index contributed by atoms with van der Waals surface area (Å²) in [6, 6.07) is 3.47. The van der Waals surface area contributed by atoms with Gasteiger partial charge in [-0.05, 0) is 25.5 Å². The molecule has 0 aliphatic heterocycles. The molecule has 1 N–H and O–H groups in total. The lowest BCUT2D eigenvalue weighted by Crippen LogP contribution is -2.09. The van der Waals surface area contributed by atoms with Gasteiger partial charge in [0.05, 0.1) is 11.4 Å². The largest absolute Gasteiger partial charge is 0.303 e. The lowest BCUT2D eigenvalue weighted by atomic mass is 10.3. The minimum Gasteiger partial charge on any atom is -0.303 e. The van der Waals surface area contributed by atoms with Gasteiger partial charge in [-0.25, -0.2) is 9.19 Å². The Morgan fingerprint density at radius 3 is 2.86 bits per heavy atom. The molecule has 78 valence electrons. The third kappa shape index (κ3) is 3.27. The molecule has 0 aromatic carbocycles. The second-order valence-corrected chi connectivity index (χ2v) is 4.61. The van der Waals surface area contributed by atoms with E-state index in [1.807, 2.05) is 13.8 Å². The lowest BCUT2D eigenvalue weighted by molar-refractivity contribution is 0.685. The Bertz CT molecular complexity index is 344. The maximum atomic E-state index is 11.4. The van der Waals surface area contributed by atoms with Crippen LogP contribution in [0.2, 0.25) is 5.15 Å². The van der Waals surface area contributed by atoms with Gasteiger partial charge in [-0.2, -0.15) is 0 Å². The number of rotatable bonds is 4. The van der Waals surface area contributed by atoms with E-state index in [1.54, 1.807) is 12.1 Å². The first-order chi connectivity index (χ1) is 6.63. The van der Waals surface area contributed by atoms with Crippen molar-refractivity contribution in [2.75, 3.05) is 10.5 Å². The molecule has 0 radical (unpaired) electrons. The number of aromatic nitrogens is 1. The van der Waals surface area contributed by atoms with Gasteiger partial charge in [-0.15, -0.1) is 0 Å². The van der Waals surface area contributed by atoms with Crippen molar-refractivity contribution in [1.82, 2.24) is 4.98 Å². The van der Waals surface area contributed by atoms with Crippen LogP contribution in [0.1, 0.15) is 19.0 Å². The number of hydrogen-bond acceptors (Lipinski definition) is 2. The maximum absolute atomic E-state index is 11.4. The zero-order valence-electron chi connectivity index (χ0n) is 8.21. The number of halogens is 1. The summed E-state index contributed by atoms with van der Waals surface area (Å²) in [5.41, 5.74) is 1.54. The Morgan fingerprint density at radius 2 is 2.29 bits per heavy atom. The van der Waals surface area contributed by atoms with Gasteiger partial charge in [-0.3, -0.25) is 0 Å². The van der Waals surface area contributed by atoms with Crippen molar-refractivity contribution in [3.05, 3.63) is 23.0 Å². The number of nitrogens with one attached hydrogen (secondary N) is 1. The monoisotopic (exact) mass is 232 g/mol. The van der Waals surface area contributed by atoms with Crippen LogP contribution in [0.25, 0.3) is 0 Å². The van der Waals surface area contributed by atoms with Crippen LogP contribution in [-0.2, 0) is 11.0 Å². The summed E-state index contributed by atoms with van der Waals surface area (Å²) < 4.78 is 14.3. The van der Waals surface area contributed by atoms with E-state index in [4.69, 9.17) is 11.6 Å². The molecule has 0 saturated carbocycles. The van der Waals surface area contributed by atoms with Crippen molar-refractivity contribution < 1.29 is 4.21 Å². The average Bonchev–Trinajstić information content (AvgIpc) is 2.10. The van der Waals surface area contributed by atoms with Crippen molar-refractivity contribution in [2.45, 2.75) is 20.3 Å². The average molecular weight is 233 g/mol. The summed E-state index contributed by atoms with van der Waals surface area (Å²) in [7, 11) is -1.02. The van der Waals surface area contributed by atoms with Crippen molar-refractivity contribution in [2.24, 2.45) is 0 Å². The van der Waals surface area contributed by atoms with Gasteiger partial charge in [0.25, 0.3) is 0 Å². The minimum atomic E-state index is -1.02. The SMILES string of the molecule is CCCS(=O)Nc1ccc(Cl)nc1C. The smallest absolute Gasteiger partial charge is 0.129 e. The van der Waals surface area contributed by atoms with Crippen LogP contribution in [0.15, 0.2) is 12.1 Å². The van der Waals surface area contributed by atoms with E-state index >= 15 is 0 Å². The van der Waals surface area contributed by atoms with Gasteiger partial charge >= 0.3 is 0 Å². The number of aryl methyl sites for hydroxylation is 1. The highest BCUT2D eigenvalue weighted by Crippen LogP contribution is 2.16. The fourth-order valence-electron chi connectivity index (χ4n) is 0.997. The summed E-state index contributed by atoms with van der Waals surface area (Å²) in [6.07, 6.45) is 0.889. The lowest BCUT2D eigenvalue weighted by Gasteiger charge is -2.07.